The molecule has 82 valence electrons. The van der Waals surface area contributed by atoms with E-state index < -0.39 is 11.6 Å². The average molecular weight is 277 g/mol. The van der Waals surface area contributed by atoms with Crippen molar-refractivity contribution in [1.82, 2.24) is 0 Å². The summed E-state index contributed by atoms with van der Waals surface area (Å²) in [5.74, 6) is -1.96. The Morgan fingerprint density at radius 3 is 2.53 bits per heavy atom. The molecule has 0 amide bonds. The van der Waals surface area contributed by atoms with Gasteiger partial charge in [-0.1, -0.05) is 13.8 Å². The fraction of sp³-hybridized carbons (Fsp3) is 0.364. The number of benzene rings is 1. The molecular weight excluding hydrogens is 266 g/mol. The zero-order valence-corrected chi connectivity index (χ0v) is 10.1. The lowest BCUT2D eigenvalue weighted by molar-refractivity contribution is 0.0922. The number of ketones is 1. The molecule has 0 aromatic heterocycles. The van der Waals surface area contributed by atoms with Gasteiger partial charge in [0.25, 0.3) is 0 Å². The number of halogens is 3. The highest BCUT2D eigenvalue weighted by Gasteiger charge is 2.19. The van der Waals surface area contributed by atoms with E-state index in [1.807, 2.05) is 6.92 Å². The van der Waals surface area contributed by atoms with Crippen molar-refractivity contribution < 1.29 is 13.6 Å². The average Bonchev–Trinajstić information content (AvgIpc) is 2.21. The van der Waals surface area contributed by atoms with Crippen LogP contribution in [0.1, 0.15) is 30.6 Å². The second kappa shape index (κ2) is 4.84. The van der Waals surface area contributed by atoms with E-state index in [1.54, 1.807) is 6.92 Å². The third-order valence-electron chi connectivity index (χ3n) is 2.34. The fourth-order valence-corrected chi connectivity index (χ4v) is 1.48. The van der Waals surface area contributed by atoms with Gasteiger partial charge in [0.1, 0.15) is 11.6 Å². The van der Waals surface area contributed by atoms with Crippen molar-refractivity contribution in [3.8, 4) is 0 Å². The van der Waals surface area contributed by atoms with Crippen LogP contribution in [0.2, 0.25) is 0 Å². The lowest BCUT2D eigenvalue weighted by Gasteiger charge is -2.08. The van der Waals surface area contributed by atoms with Gasteiger partial charge in [0.05, 0.1) is 10.0 Å². The molecule has 0 saturated carbocycles. The van der Waals surface area contributed by atoms with Gasteiger partial charge in [0.2, 0.25) is 0 Å². The lowest BCUT2D eigenvalue weighted by Crippen LogP contribution is -2.12. The van der Waals surface area contributed by atoms with Crippen molar-refractivity contribution >= 4 is 21.7 Å². The molecule has 0 radical (unpaired) electrons. The highest BCUT2D eigenvalue weighted by molar-refractivity contribution is 9.10. The first kappa shape index (κ1) is 12.3. The van der Waals surface area contributed by atoms with Crippen LogP contribution in [0.25, 0.3) is 0 Å². The Kier molecular flexibility index (Phi) is 3.97. The molecule has 4 heteroatoms. The summed E-state index contributed by atoms with van der Waals surface area (Å²) in [6.45, 7) is 3.53. The molecule has 0 heterocycles. The van der Waals surface area contributed by atoms with Gasteiger partial charge in [-0.25, -0.2) is 8.78 Å². The minimum atomic E-state index is -0.687. The smallest absolute Gasteiger partial charge is 0.168 e. The van der Waals surface area contributed by atoms with E-state index in [0.29, 0.717) is 6.42 Å². The van der Waals surface area contributed by atoms with Crippen LogP contribution in [-0.2, 0) is 0 Å². The second-order valence-electron chi connectivity index (χ2n) is 3.42. The lowest BCUT2D eigenvalue weighted by atomic mass is 9.97. The minimum absolute atomic E-state index is 0.0284. The monoisotopic (exact) mass is 276 g/mol. The molecule has 1 nitrogen and oxygen atoms in total. The zero-order valence-electron chi connectivity index (χ0n) is 8.48. The Morgan fingerprint density at radius 1 is 1.40 bits per heavy atom. The fourth-order valence-electron chi connectivity index (χ4n) is 1.16. The van der Waals surface area contributed by atoms with Crippen LogP contribution < -0.4 is 0 Å². The quantitative estimate of drug-likeness (QED) is 0.603. The summed E-state index contributed by atoms with van der Waals surface area (Å²) in [6, 6.07) is 1.92. The molecule has 0 bridgehead atoms. The van der Waals surface area contributed by atoms with Crippen LogP contribution in [0.5, 0.6) is 0 Å². The maximum absolute atomic E-state index is 13.4. The van der Waals surface area contributed by atoms with Gasteiger partial charge in [0, 0.05) is 5.92 Å². The van der Waals surface area contributed by atoms with E-state index >= 15 is 0 Å². The third kappa shape index (κ3) is 2.62. The molecule has 0 aliphatic carbocycles. The number of Topliss-reactive ketones (excluding diaryl/α,β-unsaturated/α-hetero) is 1. The number of carbonyl (C=O) groups is 1. The topological polar surface area (TPSA) is 17.1 Å². The first-order valence-corrected chi connectivity index (χ1v) is 5.45. The molecule has 1 aromatic carbocycles. The molecule has 0 aliphatic rings. The van der Waals surface area contributed by atoms with Gasteiger partial charge in [-0.15, -0.1) is 0 Å². The van der Waals surface area contributed by atoms with Crippen LogP contribution in [0.3, 0.4) is 0 Å². The van der Waals surface area contributed by atoms with E-state index in [4.69, 9.17) is 0 Å². The van der Waals surface area contributed by atoms with Gasteiger partial charge in [-0.2, -0.15) is 0 Å². The molecule has 1 rings (SSSR count). The number of hydrogen-bond donors (Lipinski definition) is 0. The Morgan fingerprint density at radius 2 is 2.00 bits per heavy atom. The Labute approximate surface area is 95.6 Å². The first-order valence-electron chi connectivity index (χ1n) is 4.66. The summed E-state index contributed by atoms with van der Waals surface area (Å²) in [7, 11) is 0. The van der Waals surface area contributed by atoms with Crippen LogP contribution in [-0.4, -0.2) is 5.78 Å². The second-order valence-corrected chi connectivity index (χ2v) is 4.27. The molecule has 0 aliphatic heterocycles. The van der Waals surface area contributed by atoms with Crippen molar-refractivity contribution in [2.75, 3.05) is 0 Å². The molecule has 0 N–H and O–H groups in total. The van der Waals surface area contributed by atoms with Crippen LogP contribution in [0.15, 0.2) is 16.6 Å². The van der Waals surface area contributed by atoms with Crippen LogP contribution in [0.4, 0.5) is 8.78 Å². The molecular formula is C11H11BrF2O. The van der Waals surface area contributed by atoms with Crippen molar-refractivity contribution in [3.05, 3.63) is 33.8 Å². The van der Waals surface area contributed by atoms with Gasteiger partial charge >= 0.3 is 0 Å². The summed E-state index contributed by atoms with van der Waals surface area (Å²) in [6.07, 6.45) is 0.607. The summed E-state index contributed by atoms with van der Waals surface area (Å²) in [5, 5.41) is 0. The third-order valence-corrected chi connectivity index (χ3v) is 2.94. The first-order chi connectivity index (χ1) is 6.97. The predicted octanol–water partition coefficient (Wildman–Crippen LogP) is 3.96. The van der Waals surface area contributed by atoms with Crippen LogP contribution in [0, 0.1) is 17.6 Å². The molecule has 0 fully saturated rings. The molecule has 0 spiro atoms. The standard InChI is InChI=1S/C11H11BrF2O/c1-3-6(2)11(15)7-4-10(14)8(12)5-9(7)13/h4-6H,3H2,1-2H3. The number of hydrogen-bond acceptors (Lipinski definition) is 1. The summed E-state index contributed by atoms with van der Waals surface area (Å²) in [5.41, 5.74) is -0.176. The van der Waals surface area contributed by atoms with Crippen molar-refractivity contribution in [2.24, 2.45) is 5.92 Å². The maximum atomic E-state index is 13.4. The molecule has 1 atom stereocenters. The van der Waals surface area contributed by atoms with Crippen molar-refractivity contribution in [3.63, 3.8) is 0 Å². The van der Waals surface area contributed by atoms with E-state index in [0.717, 1.165) is 12.1 Å². The van der Waals surface area contributed by atoms with Gasteiger partial charge in [-0.05, 0) is 34.5 Å². The zero-order chi connectivity index (χ0) is 11.6. The molecule has 0 saturated heterocycles. The Balaban J connectivity index is 3.15. The van der Waals surface area contributed by atoms with Crippen LogP contribution >= 0.6 is 15.9 Å². The van der Waals surface area contributed by atoms with E-state index in [-0.39, 0.29) is 21.7 Å². The highest BCUT2D eigenvalue weighted by Crippen LogP contribution is 2.22. The van der Waals surface area contributed by atoms with Crippen molar-refractivity contribution in [1.29, 1.82) is 0 Å². The maximum Gasteiger partial charge on any atom is 0.168 e. The molecule has 1 aromatic rings. The number of carbonyl (C=O) groups excluding carboxylic acids is 1. The minimum Gasteiger partial charge on any atom is -0.294 e. The number of rotatable bonds is 3. The highest BCUT2D eigenvalue weighted by atomic mass is 79.9. The SMILES string of the molecule is CCC(C)C(=O)c1cc(F)c(Br)cc1F. The van der Waals surface area contributed by atoms with E-state index in [2.05, 4.69) is 15.9 Å². The largest absolute Gasteiger partial charge is 0.294 e. The van der Waals surface area contributed by atoms with Gasteiger partial charge in [-0.3, -0.25) is 4.79 Å². The van der Waals surface area contributed by atoms with Gasteiger partial charge in [0.15, 0.2) is 5.78 Å². The predicted molar refractivity (Wildman–Crippen MR) is 57.8 cm³/mol. The normalized spacial score (nSPS) is 12.6. The van der Waals surface area contributed by atoms with Gasteiger partial charge < -0.3 is 0 Å². The van der Waals surface area contributed by atoms with Crippen molar-refractivity contribution in [2.45, 2.75) is 20.3 Å². The molecule has 15 heavy (non-hydrogen) atoms. The van der Waals surface area contributed by atoms with E-state index in [1.165, 1.54) is 0 Å². The Hall–Kier alpha value is -0.770. The van der Waals surface area contributed by atoms with E-state index in [9.17, 15) is 13.6 Å². The Bertz CT molecular complexity index is 390. The summed E-state index contributed by atoms with van der Waals surface area (Å²) < 4.78 is 26.5. The molecule has 1 unspecified atom stereocenters. The summed E-state index contributed by atoms with van der Waals surface area (Å²) >= 11 is 2.86. The summed E-state index contributed by atoms with van der Waals surface area (Å²) in [4.78, 5) is 11.6.